The Hall–Kier alpha value is -1.59. The van der Waals surface area contributed by atoms with Crippen molar-refractivity contribution in [3.63, 3.8) is 0 Å². The quantitative estimate of drug-likeness (QED) is 0.813. The Morgan fingerprint density at radius 3 is 3.05 bits per heavy atom. The highest BCUT2D eigenvalue weighted by molar-refractivity contribution is 5.93. The molecule has 1 aromatic rings. The molecule has 5 heteroatoms. The van der Waals surface area contributed by atoms with Gasteiger partial charge in [-0.25, -0.2) is 0 Å². The summed E-state index contributed by atoms with van der Waals surface area (Å²) in [5.41, 5.74) is 8.21. The zero-order chi connectivity index (χ0) is 15.2. The molecule has 0 bridgehead atoms. The largest absolute Gasteiger partial charge is 0.399 e. The van der Waals surface area contributed by atoms with Gasteiger partial charge in [0.1, 0.15) is 0 Å². The van der Waals surface area contributed by atoms with Crippen LogP contribution in [-0.4, -0.2) is 44.2 Å². The van der Waals surface area contributed by atoms with Gasteiger partial charge in [0.05, 0.1) is 13.2 Å². The topological polar surface area (TPSA) is 67.6 Å². The first-order chi connectivity index (χ1) is 10.0. The minimum Gasteiger partial charge on any atom is -0.399 e. The van der Waals surface area contributed by atoms with Crippen LogP contribution in [-0.2, 0) is 9.53 Å². The Kier molecular flexibility index (Phi) is 5.59. The third-order valence-corrected chi connectivity index (χ3v) is 3.77. The molecule has 1 heterocycles. The SMILES string of the molecule is Cc1ccc(N)cc1NC(=O)CN(C)CC1CCCOC1. The molecule has 0 saturated carbocycles. The number of likely N-dealkylation sites (N-methyl/N-ethyl adjacent to an activating group) is 1. The van der Waals surface area contributed by atoms with Gasteiger partial charge in [-0.05, 0) is 50.4 Å². The molecule has 0 spiro atoms. The predicted octanol–water partition coefficient (Wildman–Crippen LogP) is 1.87. The summed E-state index contributed by atoms with van der Waals surface area (Å²) >= 11 is 0. The predicted molar refractivity (Wildman–Crippen MR) is 85.3 cm³/mol. The maximum atomic E-state index is 12.1. The number of nitrogens with two attached hydrogens (primary N) is 1. The Morgan fingerprint density at radius 2 is 2.33 bits per heavy atom. The first-order valence-electron chi connectivity index (χ1n) is 7.47. The lowest BCUT2D eigenvalue weighted by Gasteiger charge is -2.26. The normalized spacial score (nSPS) is 18.7. The monoisotopic (exact) mass is 291 g/mol. The second-order valence-electron chi connectivity index (χ2n) is 5.90. The second-order valence-corrected chi connectivity index (χ2v) is 5.90. The smallest absolute Gasteiger partial charge is 0.238 e. The first-order valence-corrected chi connectivity index (χ1v) is 7.47. The zero-order valence-corrected chi connectivity index (χ0v) is 12.9. The van der Waals surface area contributed by atoms with Gasteiger partial charge in [-0.2, -0.15) is 0 Å². The molecule has 1 amide bonds. The summed E-state index contributed by atoms with van der Waals surface area (Å²) in [6.07, 6.45) is 2.30. The fraction of sp³-hybridized carbons (Fsp3) is 0.562. The maximum absolute atomic E-state index is 12.1. The average molecular weight is 291 g/mol. The van der Waals surface area contributed by atoms with Crippen LogP contribution in [0.1, 0.15) is 18.4 Å². The van der Waals surface area contributed by atoms with Crippen molar-refractivity contribution in [3.05, 3.63) is 23.8 Å². The number of rotatable bonds is 5. The van der Waals surface area contributed by atoms with Crippen molar-refractivity contribution in [2.45, 2.75) is 19.8 Å². The number of aryl methyl sites for hydroxylation is 1. The summed E-state index contributed by atoms with van der Waals surface area (Å²) in [7, 11) is 1.97. The first kappa shape index (κ1) is 15.8. The van der Waals surface area contributed by atoms with Gasteiger partial charge in [-0.3, -0.25) is 9.69 Å². The van der Waals surface area contributed by atoms with Gasteiger partial charge in [-0.15, -0.1) is 0 Å². The highest BCUT2D eigenvalue weighted by Gasteiger charge is 2.17. The Balaban J connectivity index is 1.81. The van der Waals surface area contributed by atoms with Crippen LogP contribution in [0.3, 0.4) is 0 Å². The van der Waals surface area contributed by atoms with Crippen LogP contribution < -0.4 is 11.1 Å². The van der Waals surface area contributed by atoms with E-state index in [2.05, 4.69) is 10.2 Å². The average Bonchev–Trinajstić information content (AvgIpc) is 2.43. The van der Waals surface area contributed by atoms with Gasteiger partial charge >= 0.3 is 0 Å². The van der Waals surface area contributed by atoms with Crippen molar-refractivity contribution < 1.29 is 9.53 Å². The van der Waals surface area contributed by atoms with Crippen LogP contribution in [0.15, 0.2) is 18.2 Å². The summed E-state index contributed by atoms with van der Waals surface area (Å²) in [6.45, 7) is 4.90. The van der Waals surface area contributed by atoms with E-state index in [1.807, 2.05) is 26.1 Å². The number of benzene rings is 1. The fourth-order valence-electron chi connectivity index (χ4n) is 2.67. The highest BCUT2D eigenvalue weighted by Crippen LogP contribution is 2.18. The summed E-state index contributed by atoms with van der Waals surface area (Å²) in [5.74, 6) is 0.522. The Labute approximate surface area is 126 Å². The van der Waals surface area contributed by atoms with Crippen molar-refractivity contribution in [1.29, 1.82) is 0 Å². The van der Waals surface area contributed by atoms with E-state index in [1.165, 1.54) is 6.42 Å². The highest BCUT2D eigenvalue weighted by atomic mass is 16.5. The van der Waals surface area contributed by atoms with Crippen molar-refractivity contribution in [1.82, 2.24) is 4.90 Å². The number of nitrogens with one attached hydrogen (secondary N) is 1. The number of amides is 1. The third-order valence-electron chi connectivity index (χ3n) is 3.77. The lowest BCUT2D eigenvalue weighted by molar-refractivity contribution is -0.117. The Morgan fingerprint density at radius 1 is 1.52 bits per heavy atom. The minimum absolute atomic E-state index is 0.0112. The molecular weight excluding hydrogens is 266 g/mol. The molecule has 1 unspecified atom stereocenters. The van der Waals surface area contributed by atoms with Gasteiger partial charge in [0.2, 0.25) is 5.91 Å². The molecule has 1 atom stereocenters. The van der Waals surface area contributed by atoms with Crippen molar-refractivity contribution in [3.8, 4) is 0 Å². The molecule has 1 aromatic carbocycles. The molecule has 1 aliphatic rings. The Bertz CT molecular complexity index is 484. The van der Waals surface area contributed by atoms with Crippen LogP contribution in [0.4, 0.5) is 11.4 Å². The van der Waals surface area contributed by atoms with Crippen LogP contribution in [0.25, 0.3) is 0 Å². The van der Waals surface area contributed by atoms with Crippen LogP contribution in [0.2, 0.25) is 0 Å². The lowest BCUT2D eigenvalue weighted by Crippen LogP contribution is -2.36. The molecule has 116 valence electrons. The molecule has 1 saturated heterocycles. The number of ether oxygens (including phenoxy) is 1. The van der Waals surface area contributed by atoms with Gasteiger partial charge in [0.25, 0.3) is 0 Å². The van der Waals surface area contributed by atoms with Crippen LogP contribution in [0, 0.1) is 12.8 Å². The summed E-state index contributed by atoms with van der Waals surface area (Å²) < 4.78 is 5.47. The molecule has 5 nitrogen and oxygen atoms in total. The molecule has 0 aliphatic carbocycles. The second kappa shape index (κ2) is 7.43. The van der Waals surface area contributed by atoms with E-state index < -0.39 is 0 Å². The van der Waals surface area contributed by atoms with Crippen molar-refractivity contribution in [2.24, 2.45) is 5.92 Å². The summed E-state index contributed by atoms with van der Waals surface area (Å²) in [4.78, 5) is 14.2. The van der Waals surface area contributed by atoms with E-state index in [0.717, 1.165) is 37.4 Å². The molecular formula is C16H25N3O2. The fourth-order valence-corrected chi connectivity index (χ4v) is 2.67. The lowest BCUT2D eigenvalue weighted by atomic mass is 10.0. The number of anilines is 2. The van der Waals surface area contributed by atoms with Crippen LogP contribution in [0.5, 0.6) is 0 Å². The third kappa shape index (κ3) is 5.02. The van der Waals surface area contributed by atoms with Crippen molar-refractivity contribution >= 4 is 17.3 Å². The molecule has 1 aliphatic heterocycles. The molecule has 21 heavy (non-hydrogen) atoms. The van der Waals surface area contributed by atoms with E-state index >= 15 is 0 Å². The zero-order valence-electron chi connectivity index (χ0n) is 12.9. The van der Waals surface area contributed by atoms with E-state index in [4.69, 9.17) is 10.5 Å². The van der Waals surface area contributed by atoms with E-state index in [-0.39, 0.29) is 5.91 Å². The standard InChI is InChI=1S/C16H25N3O2/c1-12-5-6-14(17)8-15(12)18-16(20)10-19(2)9-13-4-3-7-21-11-13/h5-6,8,13H,3-4,7,9-11,17H2,1-2H3,(H,18,20). The van der Waals surface area contributed by atoms with Gasteiger partial charge < -0.3 is 15.8 Å². The van der Waals surface area contributed by atoms with Crippen LogP contribution >= 0.6 is 0 Å². The maximum Gasteiger partial charge on any atom is 0.238 e. The van der Waals surface area contributed by atoms with Crippen molar-refractivity contribution in [2.75, 3.05) is 44.4 Å². The van der Waals surface area contributed by atoms with E-state index in [0.29, 0.717) is 18.2 Å². The number of nitrogens with zero attached hydrogens (tertiary/aromatic N) is 1. The number of carbonyl (C=O) groups is 1. The minimum atomic E-state index is -0.0112. The molecule has 0 radical (unpaired) electrons. The molecule has 3 N–H and O–H groups in total. The molecule has 2 rings (SSSR count). The number of carbonyl (C=O) groups excluding carboxylic acids is 1. The van der Waals surface area contributed by atoms with E-state index in [9.17, 15) is 4.79 Å². The molecule has 1 fully saturated rings. The van der Waals surface area contributed by atoms with E-state index in [1.54, 1.807) is 6.07 Å². The van der Waals surface area contributed by atoms with Gasteiger partial charge in [0, 0.05) is 24.5 Å². The van der Waals surface area contributed by atoms with Gasteiger partial charge in [0.15, 0.2) is 0 Å². The van der Waals surface area contributed by atoms with Gasteiger partial charge in [-0.1, -0.05) is 6.07 Å². The molecule has 0 aromatic heterocycles. The number of hydrogen-bond donors (Lipinski definition) is 2. The summed E-state index contributed by atoms with van der Waals surface area (Å²) in [5, 5.41) is 2.93. The number of hydrogen-bond acceptors (Lipinski definition) is 4. The number of nitrogen functional groups attached to an aromatic ring is 1. The summed E-state index contributed by atoms with van der Waals surface area (Å²) in [6, 6.07) is 5.54.